The fourth-order valence-electron chi connectivity index (χ4n) is 0.390. The largest absolute Gasteiger partial charge is 0.393 e. The molecule has 0 aromatic rings. The van der Waals surface area contributed by atoms with Gasteiger partial charge in [-0.1, -0.05) is 6.32 Å². The summed E-state index contributed by atoms with van der Waals surface area (Å²) in [6, 6.07) is 0. The molecular weight excluding hydrogens is 103 g/mol. The number of aliphatic hydroxyl groups is 2. The van der Waals surface area contributed by atoms with Gasteiger partial charge >= 0.3 is 0 Å². The maximum Gasteiger partial charge on any atom is 0.0842 e. The molecule has 0 saturated carbocycles. The van der Waals surface area contributed by atoms with E-state index < -0.39 is 5.60 Å². The Morgan fingerprint density at radius 2 is 2.12 bits per heavy atom. The molecule has 0 spiro atoms. The summed E-state index contributed by atoms with van der Waals surface area (Å²) in [4.78, 5) is 0. The van der Waals surface area contributed by atoms with Crippen molar-refractivity contribution in [2.45, 2.75) is 25.3 Å². The molecule has 1 unspecified atom stereocenters. The second kappa shape index (κ2) is 3.10. The van der Waals surface area contributed by atoms with Gasteiger partial charge in [0.25, 0.3) is 0 Å². The highest BCUT2D eigenvalue weighted by Crippen LogP contribution is 2.08. The lowest BCUT2D eigenvalue weighted by atomic mass is 9.92. The van der Waals surface area contributed by atoms with Crippen molar-refractivity contribution in [2.24, 2.45) is 0 Å². The molecule has 0 heterocycles. The van der Waals surface area contributed by atoms with Gasteiger partial charge in [0, 0.05) is 0 Å². The van der Waals surface area contributed by atoms with Crippen LogP contribution in [0.15, 0.2) is 0 Å². The number of hydrogen-bond donors (Lipinski definition) is 2. The van der Waals surface area contributed by atoms with Gasteiger partial charge in [-0.25, -0.2) is 0 Å². The Morgan fingerprint density at radius 3 is 2.25 bits per heavy atom. The van der Waals surface area contributed by atoms with E-state index in [0.29, 0.717) is 12.7 Å². The maximum absolute atomic E-state index is 8.99. The molecule has 0 aromatic heterocycles. The van der Waals surface area contributed by atoms with Gasteiger partial charge in [0.1, 0.15) is 0 Å². The first kappa shape index (κ1) is 7.98. The monoisotopic (exact) mass is 114 g/mol. The first-order chi connectivity index (χ1) is 3.62. The normalized spacial score (nSPS) is 17.9. The minimum Gasteiger partial charge on any atom is -0.393 e. The molecule has 0 rings (SSSR count). The number of rotatable bonds is 3. The van der Waals surface area contributed by atoms with Crippen LogP contribution in [0.2, 0.25) is 6.32 Å². The lowest BCUT2D eigenvalue weighted by Gasteiger charge is -2.18. The van der Waals surface area contributed by atoms with Crippen LogP contribution in [0.3, 0.4) is 0 Å². The molecule has 0 fully saturated rings. The molecular formula is C5H11BO2. The van der Waals surface area contributed by atoms with Crippen molar-refractivity contribution in [3.8, 4) is 0 Å². The highest BCUT2D eigenvalue weighted by atomic mass is 16.3. The SMILES string of the molecule is [B]CCC(C)(O)CO. The van der Waals surface area contributed by atoms with Crippen LogP contribution in [0.25, 0.3) is 0 Å². The molecule has 46 valence electrons. The van der Waals surface area contributed by atoms with Crippen molar-refractivity contribution < 1.29 is 10.2 Å². The Kier molecular flexibility index (Phi) is 3.09. The summed E-state index contributed by atoms with van der Waals surface area (Å²) in [6.07, 6.45) is 0.858. The van der Waals surface area contributed by atoms with E-state index in [1.165, 1.54) is 0 Å². The third-order valence-corrected chi connectivity index (χ3v) is 1.02. The van der Waals surface area contributed by atoms with E-state index >= 15 is 0 Å². The fourth-order valence-corrected chi connectivity index (χ4v) is 0.390. The van der Waals surface area contributed by atoms with Crippen LogP contribution >= 0.6 is 0 Å². The van der Waals surface area contributed by atoms with E-state index in [9.17, 15) is 0 Å². The molecule has 2 nitrogen and oxygen atoms in total. The molecule has 0 amide bonds. The molecule has 0 aliphatic carbocycles. The Morgan fingerprint density at radius 1 is 1.62 bits per heavy atom. The molecule has 0 aliphatic rings. The minimum atomic E-state index is -0.977. The first-order valence-corrected chi connectivity index (χ1v) is 2.66. The summed E-state index contributed by atoms with van der Waals surface area (Å²) in [5.74, 6) is 0. The Bertz CT molecular complexity index is 63.4. The molecule has 3 heteroatoms. The lowest BCUT2D eigenvalue weighted by Crippen LogP contribution is -2.28. The predicted octanol–water partition coefficient (Wildman–Crippen LogP) is -0.293. The zero-order chi connectivity index (χ0) is 6.62. The molecule has 8 heavy (non-hydrogen) atoms. The standard InChI is InChI=1S/C5H11BO2/c1-5(8,4-7)2-3-6/h7-8H,2-4H2,1H3. The van der Waals surface area contributed by atoms with Crippen molar-refractivity contribution in [3.05, 3.63) is 0 Å². The van der Waals surface area contributed by atoms with Crippen molar-refractivity contribution in [1.82, 2.24) is 0 Å². The summed E-state index contributed by atoms with van der Waals surface area (Å²) in [5, 5.41) is 17.4. The smallest absolute Gasteiger partial charge is 0.0842 e. The Balaban J connectivity index is 3.37. The number of aliphatic hydroxyl groups excluding tert-OH is 1. The molecule has 2 radical (unpaired) electrons. The van der Waals surface area contributed by atoms with Gasteiger partial charge in [0.2, 0.25) is 0 Å². The third-order valence-electron chi connectivity index (χ3n) is 1.02. The van der Waals surface area contributed by atoms with Gasteiger partial charge < -0.3 is 10.2 Å². The van der Waals surface area contributed by atoms with Crippen molar-refractivity contribution in [2.75, 3.05) is 6.61 Å². The lowest BCUT2D eigenvalue weighted by molar-refractivity contribution is -0.000909. The van der Waals surface area contributed by atoms with Gasteiger partial charge in [0.05, 0.1) is 20.1 Å². The van der Waals surface area contributed by atoms with Crippen LogP contribution in [0.5, 0.6) is 0 Å². The second-order valence-electron chi connectivity index (χ2n) is 2.19. The van der Waals surface area contributed by atoms with Crippen LogP contribution in [-0.4, -0.2) is 30.3 Å². The van der Waals surface area contributed by atoms with Gasteiger partial charge in [0.15, 0.2) is 0 Å². The van der Waals surface area contributed by atoms with Gasteiger partial charge in [-0.15, -0.1) is 0 Å². The maximum atomic E-state index is 8.99. The molecule has 0 aromatic carbocycles. The Labute approximate surface area is 50.9 Å². The quantitative estimate of drug-likeness (QED) is 0.494. The summed E-state index contributed by atoms with van der Waals surface area (Å²) < 4.78 is 0. The van der Waals surface area contributed by atoms with Crippen LogP contribution in [-0.2, 0) is 0 Å². The topological polar surface area (TPSA) is 40.5 Å². The van der Waals surface area contributed by atoms with E-state index in [1.807, 2.05) is 0 Å². The molecule has 0 bridgehead atoms. The van der Waals surface area contributed by atoms with Crippen LogP contribution < -0.4 is 0 Å². The third kappa shape index (κ3) is 3.05. The predicted molar refractivity (Wildman–Crippen MR) is 32.9 cm³/mol. The van der Waals surface area contributed by atoms with Gasteiger partial charge in [-0.2, -0.15) is 0 Å². The van der Waals surface area contributed by atoms with Crippen LogP contribution in [0, 0.1) is 0 Å². The summed E-state index contributed by atoms with van der Waals surface area (Å²) in [7, 11) is 5.12. The zero-order valence-electron chi connectivity index (χ0n) is 5.09. The van der Waals surface area contributed by atoms with Gasteiger partial charge in [-0.05, 0) is 13.3 Å². The average Bonchev–Trinajstić information content (AvgIpc) is 1.67. The van der Waals surface area contributed by atoms with E-state index in [0.717, 1.165) is 0 Å². The average molecular weight is 114 g/mol. The van der Waals surface area contributed by atoms with E-state index in [2.05, 4.69) is 0 Å². The first-order valence-electron chi connectivity index (χ1n) is 2.66. The summed E-state index contributed by atoms with van der Waals surface area (Å²) in [5.41, 5.74) is -0.977. The number of hydrogen-bond acceptors (Lipinski definition) is 2. The minimum absolute atomic E-state index is 0.218. The zero-order valence-corrected chi connectivity index (χ0v) is 5.09. The highest BCUT2D eigenvalue weighted by molar-refractivity contribution is 6.08. The van der Waals surface area contributed by atoms with E-state index in [4.69, 9.17) is 18.1 Å². The Hall–Kier alpha value is -0.0151. The van der Waals surface area contributed by atoms with Crippen molar-refractivity contribution >= 4 is 7.85 Å². The van der Waals surface area contributed by atoms with Crippen molar-refractivity contribution in [1.29, 1.82) is 0 Å². The molecule has 1 atom stereocenters. The van der Waals surface area contributed by atoms with Crippen molar-refractivity contribution in [3.63, 3.8) is 0 Å². The molecule has 0 saturated heterocycles. The fraction of sp³-hybridized carbons (Fsp3) is 1.00. The van der Waals surface area contributed by atoms with Gasteiger partial charge in [-0.3, -0.25) is 0 Å². The molecule has 2 N–H and O–H groups in total. The van der Waals surface area contributed by atoms with E-state index in [1.54, 1.807) is 6.92 Å². The highest BCUT2D eigenvalue weighted by Gasteiger charge is 2.15. The van der Waals surface area contributed by atoms with Crippen LogP contribution in [0.1, 0.15) is 13.3 Å². The summed E-state index contributed by atoms with van der Waals surface area (Å²) in [6.45, 7) is 1.34. The second-order valence-corrected chi connectivity index (χ2v) is 2.19. The molecule has 0 aliphatic heterocycles. The summed E-state index contributed by atoms with van der Waals surface area (Å²) >= 11 is 0. The van der Waals surface area contributed by atoms with E-state index in [-0.39, 0.29) is 6.61 Å². The van der Waals surface area contributed by atoms with Crippen LogP contribution in [0.4, 0.5) is 0 Å².